The maximum Gasteiger partial charge on any atom is 0.143 e. The van der Waals surface area contributed by atoms with Crippen molar-refractivity contribution in [2.24, 2.45) is 0 Å². The summed E-state index contributed by atoms with van der Waals surface area (Å²) in [6.07, 6.45) is 3.84. The molecule has 0 atom stereocenters. The summed E-state index contributed by atoms with van der Waals surface area (Å²) >= 11 is 9.47. The van der Waals surface area contributed by atoms with Gasteiger partial charge in [0.2, 0.25) is 0 Å². The van der Waals surface area contributed by atoms with E-state index < -0.39 is 0 Å². The van der Waals surface area contributed by atoms with Crippen LogP contribution in [-0.4, -0.2) is 31.3 Å². The van der Waals surface area contributed by atoms with E-state index in [-0.39, 0.29) is 0 Å². The van der Waals surface area contributed by atoms with Gasteiger partial charge in [0.15, 0.2) is 0 Å². The predicted octanol–water partition coefficient (Wildman–Crippen LogP) is 4.14. The molecule has 0 bridgehead atoms. The topological polar surface area (TPSA) is 25.4 Å². The molecule has 0 amide bonds. The SMILES string of the molecule is CCC(CC)N(CCOC)c1ncc(Cl)cc1Br. The number of anilines is 1. The third kappa shape index (κ3) is 4.11. The highest BCUT2D eigenvalue weighted by Crippen LogP contribution is 2.29. The third-order valence-corrected chi connectivity index (χ3v) is 3.77. The predicted molar refractivity (Wildman–Crippen MR) is 80.5 cm³/mol. The van der Waals surface area contributed by atoms with Crippen molar-refractivity contribution in [1.82, 2.24) is 4.98 Å². The molecule has 1 aromatic heterocycles. The summed E-state index contributed by atoms with van der Waals surface area (Å²) in [5, 5.41) is 0.641. The molecular weight excluding hydrogens is 316 g/mol. The van der Waals surface area contributed by atoms with Crippen LogP contribution >= 0.6 is 27.5 Å². The second-order valence-electron chi connectivity index (χ2n) is 4.12. The lowest BCUT2D eigenvalue weighted by atomic mass is 10.1. The Balaban J connectivity index is 3.00. The van der Waals surface area contributed by atoms with Crippen molar-refractivity contribution < 1.29 is 4.74 Å². The van der Waals surface area contributed by atoms with E-state index in [1.807, 2.05) is 6.07 Å². The van der Waals surface area contributed by atoms with Gasteiger partial charge in [0, 0.05) is 25.9 Å². The van der Waals surface area contributed by atoms with Gasteiger partial charge in [-0.1, -0.05) is 25.4 Å². The molecule has 0 radical (unpaired) electrons. The van der Waals surface area contributed by atoms with Crippen LogP contribution in [0.1, 0.15) is 26.7 Å². The summed E-state index contributed by atoms with van der Waals surface area (Å²) in [5.74, 6) is 0.935. The molecule has 0 fully saturated rings. The van der Waals surface area contributed by atoms with Crippen LogP contribution in [0.3, 0.4) is 0 Å². The fraction of sp³-hybridized carbons (Fsp3) is 0.615. The van der Waals surface area contributed by atoms with Crippen molar-refractivity contribution in [3.8, 4) is 0 Å². The van der Waals surface area contributed by atoms with Gasteiger partial charge in [-0.2, -0.15) is 0 Å². The molecule has 0 aromatic carbocycles. The lowest BCUT2D eigenvalue weighted by Crippen LogP contribution is -2.37. The molecule has 1 aromatic rings. The summed E-state index contributed by atoms with van der Waals surface area (Å²) < 4.78 is 6.11. The van der Waals surface area contributed by atoms with E-state index in [0.717, 1.165) is 29.7 Å². The zero-order valence-electron chi connectivity index (χ0n) is 11.1. The first-order chi connectivity index (χ1) is 8.63. The maximum atomic E-state index is 5.94. The van der Waals surface area contributed by atoms with Gasteiger partial charge in [-0.15, -0.1) is 0 Å². The molecular formula is C13H20BrClN2O. The Labute approximate surface area is 123 Å². The van der Waals surface area contributed by atoms with Crippen LogP contribution < -0.4 is 4.90 Å². The Bertz CT molecular complexity index is 372. The van der Waals surface area contributed by atoms with E-state index in [9.17, 15) is 0 Å². The molecule has 0 aliphatic carbocycles. The summed E-state index contributed by atoms with van der Waals surface area (Å²) in [6, 6.07) is 2.34. The van der Waals surface area contributed by atoms with Gasteiger partial charge in [0.25, 0.3) is 0 Å². The molecule has 0 N–H and O–H groups in total. The van der Waals surface area contributed by atoms with E-state index in [2.05, 4.69) is 39.7 Å². The van der Waals surface area contributed by atoms with Crippen molar-refractivity contribution in [3.63, 3.8) is 0 Å². The number of nitrogens with zero attached hydrogens (tertiary/aromatic N) is 2. The van der Waals surface area contributed by atoms with E-state index in [4.69, 9.17) is 16.3 Å². The van der Waals surface area contributed by atoms with Crippen molar-refractivity contribution in [3.05, 3.63) is 21.8 Å². The zero-order valence-corrected chi connectivity index (χ0v) is 13.5. The van der Waals surface area contributed by atoms with Gasteiger partial charge < -0.3 is 9.64 Å². The highest BCUT2D eigenvalue weighted by Gasteiger charge is 2.19. The second-order valence-corrected chi connectivity index (χ2v) is 5.41. The number of pyridine rings is 1. The van der Waals surface area contributed by atoms with E-state index in [1.165, 1.54) is 0 Å². The molecule has 0 spiro atoms. The lowest BCUT2D eigenvalue weighted by Gasteiger charge is -2.32. The molecule has 0 saturated heterocycles. The van der Waals surface area contributed by atoms with Crippen LogP contribution in [0.15, 0.2) is 16.7 Å². The van der Waals surface area contributed by atoms with Crippen LogP contribution in [0.2, 0.25) is 5.02 Å². The van der Waals surface area contributed by atoms with Gasteiger partial charge >= 0.3 is 0 Å². The maximum absolute atomic E-state index is 5.94. The summed E-state index contributed by atoms with van der Waals surface area (Å²) in [6.45, 7) is 5.90. The van der Waals surface area contributed by atoms with Crippen LogP contribution in [0.25, 0.3) is 0 Å². The number of methoxy groups -OCH3 is 1. The first-order valence-electron chi connectivity index (χ1n) is 6.20. The molecule has 1 heterocycles. The number of halogens is 2. The minimum absolute atomic E-state index is 0.463. The molecule has 0 aliphatic rings. The number of hydrogen-bond acceptors (Lipinski definition) is 3. The normalized spacial score (nSPS) is 11.0. The molecule has 0 unspecified atom stereocenters. The van der Waals surface area contributed by atoms with Gasteiger partial charge in [0.05, 0.1) is 16.1 Å². The van der Waals surface area contributed by atoms with Crippen LogP contribution in [0.5, 0.6) is 0 Å². The van der Waals surface area contributed by atoms with Crippen molar-refractivity contribution in [1.29, 1.82) is 0 Å². The van der Waals surface area contributed by atoms with E-state index in [1.54, 1.807) is 13.3 Å². The second kappa shape index (κ2) is 7.97. The average molecular weight is 336 g/mol. The molecule has 3 nitrogen and oxygen atoms in total. The number of rotatable bonds is 7. The fourth-order valence-electron chi connectivity index (χ4n) is 2.00. The Kier molecular flexibility index (Phi) is 6.97. The largest absolute Gasteiger partial charge is 0.383 e. The number of aromatic nitrogens is 1. The van der Waals surface area contributed by atoms with Crippen molar-refractivity contribution >= 4 is 33.3 Å². The third-order valence-electron chi connectivity index (χ3n) is 2.98. The summed E-state index contributed by atoms with van der Waals surface area (Å²) in [7, 11) is 1.72. The van der Waals surface area contributed by atoms with Gasteiger partial charge in [-0.3, -0.25) is 0 Å². The summed E-state index contributed by atoms with van der Waals surface area (Å²) in [5.41, 5.74) is 0. The monoisotopic (exact) mass is 334 g/mol. The Morgan fingerprint density at radius 1 is 1.44 bits per heavy atom. The van der Waals surface area contributed by atoms with E-state index >= 15 is 0 Å². The number of hydrogen-bond donors (Lipinski definition) is 0. The zero-order chi connectivity index (χ0) is 13.5. The highest BCUT2D eigenvalue weighted by molar-refractivity contribution is 9.10. The quantitative estimate of drug-likeness (QED) is 0.749. The van der Waals surface area contributed by atoms with Crippen molar-refractivity contribution in [2.45, 2.75) is 32.7 Å². The first-order valence-corrected chi connectivity index (χ1v) is 7.37. The minimum atomic E-state index is 0.463. The molecule has 1 rings (SSSR count). The first kappa shape index (κ1) is 15.7. The average Bonchev–Trinajstić information content (AvgIpc) is 2.35. The number of ether oxygens (including phenoxy) is 1. The van der Waals surface area contributed by atoms with E-state index in [0.29, 0.717) is 17.7 Å². The Morgan fingerprint density at radius 2 is 2.11 bits per heavy atom. The molecule has 102 valence electrons. The minimum Gasteiger partial charge on any atom is -0.383 e. The molecule has 18 heavy (non-hydrogen) atoms. The fourth-order valence-corrected chi connectivity index (χ4v) is 2.87. The van der Waals surface area contributed by atoms with Crippen molar-refractivity contribution in [2.75, 3.05) is 25.2 Å². The molecule has 0 saturated carbocycles. The lowest BCUT2D eigenvalue weighted by molar-refractivity contribution is 0.202. The standard InChI is InChI=1S/C13H20BrClN2O/c1-4-11(5-2)17(6-7-18-3)13-12(14)8-10(15)9-16-13/h8-9,11H,4-7H2,1-3H3. The summed E-state index contributed by atoms with van der Waals surface area (Å²) in [4.78, 5) is 6.72. The van der Waals surface area contributed by atoms with Crippen LogP contribution in [0, 0.1) is 0 Å². The Hall–Kier alpha value is -0.320. The highest BCUT2D eigenvalue weighted by atomic mass is 79.9. The van der Waals surface area contributed by atoms with Gasteiger partial charge in [-0.05, 0) is 34.8 Å². The van der Waals surface area contributed by atoms with Crippen LogP contribution in [-0.2, 0) is 4.74 Å². The van der Waals surface area contributed by atoms with Gasteiger partial charge in [0.1, 0.15) is 5.82 Å². The smallest absolute Gasteiger partial charge is 0.143 e. The van der Waals surface area contributed by atoms with Gasteiger partial charge in [-0.25, -0.2) is 4.98 Å². The molecule has 5 heteroatoms. The van der Waals surface area contributed by atoms with Crippen LogP contribution in [0.4, 0.5) is 5.82 Å². The Morgan fingerprint density at radius 3 is 2.61 bits per heavy atom. The molecule has 0 aliphatic heterocycles.